The molecule has 1 aromatic carbocycles. The van der Waals surface area contributed by atoms with Crippen molar-refractivity contribution < 1.29 is 18.3 Å². The van der Waals surface area contributed by atoms with Gasteiger partial charge in [-0.3, -0.25) is 0 Å². The van der Waals surface area contributed by atoms with E-state index in [0.29, 0.717) is 10.9 Å². The van der Waals surface area contributed by atoms with Crippen LogP contribution in [0.15, 0.2) is 40.6 Å². The van der Waals surface area contributed by atoms with Crippen LogP contribution in [0.5, 0.6) is 0 Å². The Morgan fingerprint density at radius 3 is 2.52 bits per heavy atom. The van der Waals surface area contributed by atoms with Crippen molar-refractivity contribution in [1.29, 1.82) is 0 Å². The first-order valence-corrected chi connectivity index (χ1v) is 8.57. The molecule has 1 N–H and O–H groups in total. The van der Waals surface area contributed by atoms with Gasteiger partial charge in [0, 0.05) is 12.8 Å². The van der Waals surface area contributed by atoms with Crippen molar-refractivity contribution in [2.75, 3.05) is 11.5 Å². The molecule has 0 aliphatic rings. The number of carboxylic acids is 1. The molecule has 7 nitrogen and oxygen atoms in total. The van der Waals surface area contributed by atoms with Crippen molar-refractivity contribution in [3.05, 3.63) is 36.2 Å². The minimum atomic E-state index is -3.44. The second-order valence-electron chi connectivity index (χ2n) is 4.16. The molecule has 0 atom stereocenters. The molecule has 2 rings (SSSR count). The Kier molecular flexibility index (Phi) is 4.63. The Morgan fingerprint density at radius 1 is 1.33 bits per heavy atom. The van der Waals surface area contributed by atoms with E-state index in [1.165, 1.54) is 42.4 Å². The maximum atomic E-state index is 12.1. The van der Waals surface area contributed by atoms with Crippen molar-refractivity contribution in [3.8, 4) is 0 Å². The lowest BCUT2D eigenvalue weighted by atomic mass is 10.2. The number of carbonyl (C=O) groups is 1. The maximum absolute atomic E-state index is 12.1. The Labute approximate surface area is 125 Å². The molecule has 0 amide bonds. The van der Waals surface area contributed by atoms with Gasteiger partial charge in [-0.2, -0.15) is 5.10 Å². The Morgan fingerprint density at radius 2 is 2.00 bits per heavy atom. The summed E-state index contributed by atoms with van der Waals surface area (Å²) in [7, 11) is -1.71. The number of aromatic nitrogens is 3. The predicted molar refractivity (Wildman–Crippen MR) is 77.2 cm³/mol. The number of carboxylic acid groups (broad SMARTS) is 1. The van der Waals surface area contributed by atoms with Gasteiger partial charge in [-0.25, -0.2) is 22.9 Å². The van der Waals surface area contributed by atoms with Crippen LogP contribution in [-0.2, 0) is 16.9 Å². The van der Waals surface area contributed by atoms with Crippen LogP contribution in [0.1, 0.15) is 10.4 Å². The van der Waals surface area contributed by atoms with E-state index in [2.05, 4.69) is 10.1 Å². The molecule has 0 radical (unpaired) electrons. The number of aryl methyl sites for hydroxylation is 1. The molecule has 0 bridgehead atoms. The first-order chi connectivity index (χ1) is 9.90. The van der Waals surface area contributed by atoms with Gasteiger partial charge in [0.25, 0.3) is 0 Å². The maximum Gasteiger partial charge on any atom is 0.335 e. The number of hydrogen-bond acceptors (Lipinski definition) is 6. The monoisotopic (exact) mass is 327 g/mol. The number of aromatic carboxylic acids is 1. The van der Waals surface area contributed by atoms with Crippen LogP contribution < -0.4 is 0 Å². The van der Waals surface area contributed by atoms with Crippen LogP contribution in [0.25, 0.3) is 0 Å². The van der Waals surface area contributed by atoms with Crippen molar-refractivity contribution in [1.82, 2.24) is 14.8 Å². The highest BCUT2D eigenvalue weighted by atomic mass is 32.2. The van der Waals surface area contributed by atoms with E-state index in [4.69, 9.17) is 5.11 Å². The molecule has 0 fully saturated rings. The van der Waals surface area contributed by atoms with Crippen molar-refractivity contribution >= 4 is 27.6 Å². The van der Waals surface area contributed by atoms with E-state index in [-0.39, 0.29) is 16.2 Å². The molecule has 0 unspecified atom stereocenters. The molecule has 21 heavy (non-hydrogen) atoms. The normalized spacial score (nSPS) is 11.5. The summed E-state index contributed by atoms with van der Waals surface area (Å²) in [5.74, 6) is -0.802. The zero-order valence-electron chi connectivity index (χ0n) is 11.1. The van der Waals surface area contributed by atoms with Gasteiger partial charge in [0.2, 0.25) is 0 Å². The van der Waals surface area contributed by atoms with Gasteiger partial charge in [-0.15, -0.1) is 0 Å². The third-order valence-corrected chi connectivity index (χ3v) is 5.74. The van der Waals surface area contributed by atoms with E-state index in [9.17, 15) is 13.2 Å². The highest BCUT2D eigenvalue weighted by Gasteiger charge is 2.15. The van der Waals surface area contributed by atoms with Gasteiger partial charge in [-0.1, -0.05) is 11.8 Å². The van der Waals surface area contributed by atoms with E-state index in [1.54, 1.807) is 11.7 Å². The lowest BCUT2D eigenvalue weighted by molar-refractivity contribution is 0.0696. The molecule has 1 heterocycles. The fourth-order valence-electron chi connectivity index (χ4n) is 1.58. The molecular formula is C12H13N3O4S2. The lowest BCUT2D eigenvalue weighted by Gasteiger charge is -2.04. The van der Waals surface area contributed by atoms with Crippen LogP contribution in [0.2, 0.25) is 0 Å². The fraction of sp³-hybridized carbons (Fsp3) is 0.250. The van der Waals surface area contributed by atoms with Crippen LogP contribution in [-0.4, -0.2) is 45.8 Å². The van der Waals surface area contributed by atoms with Gasteiger partial charge < -0.3 is 5.11 Å². The van der Waals surface area contributed by atoms with Gasteiger partial charge in [0.15, 0.2) is 15.0 Å². The average molecular weight is 327 g/mol. The number of thioether (sulfide) groups is 1. The SMILES string of the molecule is Cn1ncnc1SCCS(=O)(=O)c1ccc(C(=O)O)cc1. The Hall–Kier alpha value is -1.87. The molecule has 1 aromatic heterocycles. The van der Waals surface area contributed by atoms with Crippen LogP contribution >= 0.6 is 11.8 Å². The van der Waals surface area contributed by atoms with Gasteiger partial charge in [-0.05, 0) is 24.3 Å². The number of benzene rings is 1. The summed E-state index contributed by atoms with van der Waals surface area (Å²) in [5.41, 5.74) is 0.0578. The van der Waals surface area contributed by atoms with E-state index in [0.717, 1.165) is 0 Å². The topological polar surface area (TPSA) is 102 Å². The zero-order chi connectivity index (χ0) is 15.5. The first kappa shape index (κ1) is 15.5. The molecule has 112 valence electrons. The highest BCUT2D eigenvalue weighted by molar-refractivity contribution is 8.00. The van der Waals surface area contributed by atoms with E-state index < -0.39 is 15.8 Å². The van der Waals surface area contributed by atoms with E-state index in [1.807, 2.05) is 0 Å². The standard InChI is InChI=1S/C12H13N3O4S2/c1-15-12(13-8-14-15)20-6-7-21(18,19)10-4-2-9(3-5-10)11(16)17/h2-5,8H,6-7H2,1H3,(H,16,17). The largest absolute Gasteiger partial charge is 0.478 e. The third kappa shape index (κ3) is 3.82. The molecule has 2 aromatic rings. The van der Waals surface area contributed by atoms with Crippen LogP contribution in [0.3, 0.4) is 0 Å². The zero-order valence-corrected chi connectivity index (χ0v) is 12.8. The molecule has 0 spiro atoms. The summed E-state index contributed by atoms with van der Waals surface area (Å²) < 4.78 is 25.8. The quantitative estimate of drug-likeness (QED) is 0.792. The fourth-order valence-corrected chi connectivity index (χ4v) is 4.12. The van der Waals surface area contributed by atoms with E-state index >= 15 is 0 Å². The van der Waals surface area contributed by atoms with Crippen molar-refractivity contribution in [2.45, 2.75) is 10.1 Å². The van der Waals surface area contributed by atoms with Gasteiger partial charge >= 0.3 is 5.97 Å². The summed E-state index contributed by atoms with van der Waals surface area (Å²) in [5, 5.41) is 13.3. The Bertz CT molecular complexity index is 738. The molecule has 0 saturated carbocycles. The molecule has 0 saturated heterocycles. The average Bonchev–Trinajstić information content (AvgIpc) is 2.84. The molecule has 9 heteroatoms. The van der Waals surface area contributed by atoms with Gasteiger partial charge in [0.05, 0.1) is 16.2 Å². The number of nitrogens with zero attached hydrogens (tertiary/aromatic N) is 3. The molecule has 0 aliphatic carbocycles. The second kappa shape index (κ2) is 6.27. The smallest absolute Gasteiger partial charge is 0.335 e. The predicted octanol–water partition coefficient (Wildman–Crippen LogP) is 1.08. The third-order valence-electron chi connectivity index (χ3n) is 2.71. The summed E-state index contributed by atoms with van der Waals surface area (Å²) >= 11 is 1.30. The number of rotatable bonds is 6. The Balaban J connectivity index is 2.01. The number of hydrogen-bond donors (Lipinski definition) is 1. The summed E-state index contributed by atoms with van der Waals surface area (Å²) in [6.45, 7) is 0. The van der Waals surface area contributed by atoms with Crippen LogP contribution in [0.4, 0.5) is 0 Å². The summed E-state index contributed by atoms with van der Waals surface area (Å²) in [4.78, 5) is 14.8. The lowest BCUT2D eigenvalue weighted by Crippen LogP contribution is -2.10. The van der Waals surface area contributed by atoms with Crippen molar-refractivity contribution in [3.63, 3.8) is 0 Å². The van der Waals surface area contributed by atoms with Crippen LogP contribution in [0, 0.1) is 0 Å². The molecule has 0 aliphatic heterocycles. The van der Waals surface area contributed by atoms with Gasteiger partial charge in [0.1, 0.15) is 6.33 Å². The minimum absolute atomic E-state index is 0.0578. The first-order valence-electron chi connectivity index (χ1n) is 5.93. The molecular weight excluding hydrogens is 314 g/mol. The second-order valence-corrected chi connectivity index (χ2v) is 7.33. The summed E-state index contributed by atoms with van der Waals surface area (Å²) in [6.07, 6.45) is 1.40. The summed E-state index contributed by atoms with van der Waals surface area (Å²) in [6, 6.07) is 5.19. The minimum Gasteiger partial charge on any atom is -0.478 e. The highest BCUT2D eigenvalue weighted by Crippen LogP contribution is 2.17. The van der Waals surface area contributed by atoms with Crippen molar-refractivity contribution in [2.24, 2.45) is 7.05 Å². The number of sulfone groups is 1.